The molecule has 1 aliphatic rings. The minimum atomic E-state index is -0.108. The van der Waals surface area contributed by atoms with E-state index >= 15 is 0 Å². The quantitative estimate of drug-likeness (QED) is 0.653. The van der Waals surface area contributed by atoms with Crippen molar-refractivity contribution in [2.45, 2.75) is 29.1 Å². The van der Waals surface area contributed by atoms with E-state index in [1.54, 1.807) is 11.8 Å². The maximum atomic E-state index is 13.3. The number of fused-ring (bicyclic) bond motifs is 2. The first-order valence-corrected chi connectivity index (χ1v) is 9.40. The molecule has 5 heteroatoms. The summed E-state index contributed by atoms with van der Waals surface area (Å²) in [6.07, 6.45) is 0.848. The van der Waals surface area contributed by atoms with E-state index in [4.69, 9.17) is 11.6 Å². The van der Waals surface area contributed by atoms with Crippen molar-refractivity contribution >= 4 is 41.6 Å². The van der Waals surface area contributed by atoms with E-state index < -0.39 is 0 Å². The van der Waals surface area contributed by atoms with Crippen molar-refractivity contribution in [2.24, 2.45) is 5.92 Å². The molecule has 2 aromatic rings. The Morgan fingerprint density at radius 2 is 1.88 bits per heavy atom. The van der Waals surface area contributed by atoms with Gasteiger partial charge in [-0.25, -0.2) is 0 Å². The van der Waals surface area contributed by atoms with Crippen LogP contribution in [0.1, 0.15) is 35.2 Å². The van der Waals surface area contributed by atoms with Gasteiger partial charge in [-0.3, -0.25) is 4.79 Å². The number of carbonyl (C=O) groups is 1. The Hall–Kier alpha value is -1.00. The van der Waals surface area contributed by atoms with Crippen molar-refractivity contribution in [3.05, 3.63) is 58.6 Å². The van der Waals surface area contributed by atoms with Gasteiger partial charge in [0.2, 0.25) is 0 Å². The molecule has 0 saturated carbocycles. The van der Waals surface area contributed by atoms with Crippen molar-refractivity contribution in [1.82, 2.24) is 4.90 Å². The molecular weight excluding hydrogens is 373 g/mol. The maximum Gasteiger partial charge on any atom is 0.171 e. The van der Waals surface area contributed by atoms with Crippen LogP contribution in [-0.4, -0.2) is 31.3 Å². The van der Waals surface area contributed by atoms with Crippen LogP contribution in [0.3, 0.4) is 0 Å². The first-order chi connectivity index (χ1) is 11.5. The molecule has 25 heavy (non-hydrogen) atoms. The smallest absolute Gasteiger partial charge is 0.171 e. The Labute approximate surface area is 165 Å². The molecular formula is C20H23Cl2NOS. The molecule has 2 nitrogen and oxygen atoms in total. The fraction of sp³-hybridized carbons (Fsp3) is 0.350. The van der Waals surface area contributed by atoms with Crippen molar-refractivity contribution in [2.75, 3.05) is 20.6 Å². The van der Waals surface area contributed by atoms with Crippen molar-refractivity contribution in [3.8, 4) is 0 Å². The van der Waals surface area contributed by atoms with E-state index in [2.05, 4.69) is 38.1 Å². The van der Waals surface area contributed by atoms with E-state index in [0.717, 1.165) is 29.0 Å². The molecule has 0 saturated heterocycles. The Kier molecular flexibility index (Phi) is 6.98. The molecule has 2 atom stereocenters. The summed E-state index contributed by atoms with van der Waals surface area (Å²) in [5.41, 5.74) is 1.90. The van der Waals surface area contributed by atoms with E-state index in [9.17, 15) is 4.79 Å². The molecule has 1 heterocycles. The Balaban J connectivity index is 0.00000225. The fourth-order valence-corrected chi connectivity index (χ4v) is 4.72. The summed E-state index contributed by atoms with van der Waals surface area (Å²) in [7, 11) is 4.15. The van der Waals surface area contributed by atoms with Crippen LogP contribution in [0.4, 0.5) is 0 Å². The highest BCUT2D eigenvalue weighted by molar-refractivity contribution is 7.99. The van der Waals surface area contributed by atoms with Crippen LogP contribution in [0.15, 0.2) is 52.3 Å². The second kappa shape index (κ2) is 8.59. The van der Waals surface area contributed by atoms with Gasteiger partial charge in [-0.05, 0) is 56.3 Å². The van der Waals surface area contributed by atoms with Gasteiger partial charge in [0.1, 0.15) is 0 Å². The lowest BCUT2D eigenvalue weighted by Gasteiger charge is -2.23. The molecule has 1 aliphatic heterocycles. The van der Waals surface area contributed by atoms with Crippen LogP contribution in [0.5, 0.6) is 0 Å². The summed E-state index contributed by atoms with van der Waals surface area (Å²) in [4.78, 5) is 17.6. The summed E-state index contributed by atoms with van der Waals surface area (Å²) < 4.78 is 0. The lowest BCUT2D eigenvalue weighted by molar-refractivity contribution is 0.0941. The largest absolute Gasteiger partial charge is 0.309 e. The van der Waals surface area contributed by atoms with Gasteiger partial charge in [-0.1, -0.05) is 48.5 Å². The van der Waals surface area contributed by atoms with E-state index in [1.165, 1.54) is 4.90 Å². The third-order valence-electron chi connectivity index (χ3n) is 4.35. The number of hydrogen-bond donors (Lipinski definition) is 0. The molecule has 3 rings (SSSR count). The average molecular weight is 396 g/mol. The van der Waals surface area contributed by atoms with Crippen LogP contribution < -0.4 is 0 Å². The van der Waals surface area contributed by atoms with Crippen molar-refractivity contribution in [3.63, 3.8) is 0 Å². The van der Waals surface area contributed by atoms with Crippen LogP contribution in [-0.2, 0) is 0 Å². The lowest BCUT2D eigenvalue weighted by Crippen LogP contribution is -2.24. The molecule has 0 bridgehead atoms. The highest BCUT2D eigenvalue weighted by Gasteiger charge is 2.31. The fourth-order valence-electron chi connectivity index (χ4n) is 3.43. The van der Waals surface area contributed by atoms with Gasteiger partial charge in [0.25, 0.3) is 0 Å². The van der Waals surface area contributed by atoms with Gasteiger partial charge >= 0.3 is 0 Å². The number of halogens is 2. The number of Topliss-reactive ketones (excluding diaryl/α,β-unsaturated/α-hetero) is 1. The molecule has 0 amide bonds. The third-order valence-corrected chi connectivity index (χ3v) is 5.76. The second-order valence-electron chi connectivity index (χ2n) is 6.80. The number of hydrogen-bond acceptors (Lipinski definition) is 3. The summed E-state index contributed by atoms with van der Waals surface area (Å²) in [5, 5.41) is 0.619. The summed E-state index contributed by atoms with van der Waals surface area (Å²) >= 11 is 7.83. The average Bonchev–Trinajstić information content (AvgIpc) is 2.63. The summed E-state index contributed by atoms with van der Waals surface area (Å²) in [6.45, 7) is 3.19. The number of rotatable bonds is 4. The second-order valence-corrected chi connectivity index (χ2v) is 8.32. The highest BCUT2D eigenvalue weighted by atomic mass is 35.5. The van der Waals surface area contributed by atoms with E-state index in [0.29, 0.717) is 10.9 Å². The number of ketones is 1. The molecule has 0 spiro atoms. The predicted molar refractivity (Wildman–Crippen MR) is 109 cm³/mol. The maximum absolute atomic E-state index is 13.3. The van der Waals surface area contributed by atoms with Crippen LogP contribution in [0.2, 0.25) is 5.02 Å². The Morgan fingerprint density at radius 3 is 2.60 bits per heavy atom. The minimum absolute atomic E-state index is 0. The monoisotopic (exact) mass is 395 g/mol. The Morgan fingerprint density at radius 1 is 1.16 bits per heavy atom. The Bertz CT molecular complexity index is 763. The van der Waals surface area contributed by atoms with Gasteiger partial charge in [0.05, 0.1) is 0 Å². The molecule has 0 fully saturated rings. The summed E-state index contributed by atoms with van der Waals surface area (Å²) in [6, 6.07) is 13.9. The third kappa shape index (κ3) is 4.59. The molecule has 0 radical (unpaired) electrons. The predicted octanol–water partition coefficient (Wildman–Crippen LogP) is 5.78. The lowest BCUT2D eigenvalue weighted by atomic mass is 9.84. The summed E-state index contributed by atoms with van der Waals surface area (Å²) in [5.74, 6) is 0.520. The van der Waals surface area contributed by atoms with Crippen LogP contribution in [0, 0.1) is 5.92 Å². The normalized spacial score (nSPS) is 17.3. The zero-order valence-electron chi connectivity index (χ0n) is 14.7. The van der Waals surface area contributed by atoms with E-state index in [-0.39, 0.29) is 24.1 Å². The zero-order valence-corrected chi connectivity index (χ0v) is 17.0. The van der Waals surface area contributed by atoms with Gasteiger partial charge in [0, 0.05) is 32.8 Å². The highest BCUT2D eigenvalue weighted by Crippen LogP contribution is 2.44. The number of nitrogens with zero attached hydrogens (tertiary/aromatic N) is 1. The first-order valence-electron chi connectivity index (χ1n) is 8.21. The molecule has 0 N–H and O–H groups in total. The minimum Gasteiger partial charge on any atom is -0.309 e. The molecule has 0 aromatic heterocycles. The van der Waals surface area contributed by atoms with Crippen LogP contribution >= 0.6 is 35.8 Å². The van der Waals surface area contributed by atoms with Crippen molar-refractivity contribution < 1.29 is 4.79 Å². The van der Waals surface area contributed by atoms with E-state index in [1.807, 2.05) is 30.3 Å². The molecule has 2 unspecified atom stereocenters. The molecule has 134 valence electrons. The van der Waals surface area contributed by atoms with Crippen molar-refractivity contribution in [1.29, 1.82) is 0 Å². The van der Waals surface area contributed by atoms with Gasteiger partial charge in [-0.15, -0.1) is 12.4 Å². The van der Waals surface area contributed by atoms with Crippen LogP contribution in [0.25, 0.3) is 0 Å². The molecule has 2 aromatic carbocycles. The van der Waals surface area contributed by atoms with Gasteiger partial charge in [0.15, 0.2) is 5.78 Å². The van der Waals surface area contributed by atoms with Gasteiger partial charge < -0.3 is 4.90 Å². The van der Waals surface area contributed by atoms with Gasteiger partial charge in [-0.2, -0.15) is 0 Å². The first kappa shape index (κ1) is 20.3. The topological polar surface area (TPSA) is 20.3 Å². The SMILES string of the molecule is CC(CC1C(=O)c2cc(Cl)ccc2Sc2ccccc21)CN(C)C.Cl. The zero-order chi connectivity index (χ0) is 17.3. The molecule has 0 aliphatic carbocycles. The number of carbonyl (C=O) groups excluding carboxylic acids is 1. The standard InChI is InChI=1S/C20H22ClNOS.ClH/c1-13(12-22(2)3)10-16-15-6-4-5-7-18(15)24-19-9-8-14(21)11-17(19)20(16)23;/h4-9,11,13,16H,10,12H2,1-3H3;1H. The number of benzene rings is 2.